The van der Waals surface area contributed by atoms with Gasteiger partial charge in [0.05, 0.1) is 12.5 Å². The van der Waals surface area contributed by atoms with Crippen LogP contribution in [-0.2, 0) is 17.6 Å². The van der Waals surface area contributed by atoms with Gasteiger partial charge in [0.15, 0.2) is 0 Å². The van der Waals surface area contributed by atoms with Crippen molar-refractivity contribution >= 4 is 5.78 Å². The van der Waals surface area contributed by atoms with Crippen LogP contribution in [0.5, 0.6) is 5.75 Å². The fourth-order valence-electron chi connectivity index (χ4n) is 2.59. The Bertz CT molecular complexity index is 614. The van der Waals surface area contributed by atoms with Crippen molar-refractivity contribution in [3.63, 3.8) is 0 Å². The van der Waals surface area contributed by atoms with Gasteiger partial charge in [-0.1, -0.05) is 48.0 Å². The number of hydrogen-bond acceptors (Lipinski definition) is 2. The van der Waals surface area contributed by atoms with E-state index in [4.69, 9.17) is 4.74 Å². The van der Waals surface area contributed by atoms with Crippen LogP contribution in [0.25, 0.3) is 0 Å². The van der Waals surface area contributed by atoms with Gasteiger partial charge >= 0.3 is 0 Å². The minimum atomic E-state index is -0.0220. The first-order valence-electron chi connectivity index (χ1n) is 7.01. The maximum atomic E-state index is 12.4. The predicted octanol–water partition coefficient (Wildman–Crippen LogP) is 3.36. The molecule has 2 aromatic rings. The van der Waals surface area contributed by atoms with Gasteiger partial charge in [-0.05, 0) is 30.5 Å². The molecule has 2 heteroatoms. The lowest BCUT2D eigenvalue weighted by Gasteiger charge is -2.24. The molecule has 0 aliphatic carbocycles. The summed E-state index contributed by atoms with van der Waals surface area (Å²) >= 11 is 0. The molecule has 1 atom stereocenters. The van der Waals surface area contributed by atoms with Crippen molar-refractivity contribution in [3.05, 3.63) is 65.2 Å². The van der Waals surface area contributed by atoms with Gasteiger partial charge in [-0.3, -0.25) is 4.79 Å². The number of ether oxygens (including phenoxy) is 1. The summed E-state index contributed by atoms with van der Waals surface area (Å²) in [5, 5.41) is 0. The molecule has 0 amide bonds. The average molecular weight is 266 g/mol. The standard InChI is InChI=1S/C18H18O2/c1-13-6-8-14(9-7-13)10-17(19)16-11-15-4-2-3-5-18(15)20-12-16/h2-9,16H,10-12H2,1H3. The van der Waals surface area contributed by atoms with Crippen LogP contribution in [0.2, 0.25) is 0 Å². The van der Waals surface area contributed by atoms with Crippen molar-refractivity contribution in [2.75, 3.05) is 6.61 Å². The molecule has 0 saturated heterocycles. The second kappa shape index (κ2) is 5.49. The van der Waals surface area contributed by atoms with Crippen molar-refractivity contribution in [1.82, 2.24) is 0 Å². The Morgan fingerprint density at radius 1 is 1.15 bits per heavy atom. The number of carbonyl (C=O) groups excluding carboxylic acids is 1. The number of carbonyl (C=O) groups is 1. The van der Waals surface area contributed by atoms with E-state index in [1.807, 2.05) is 36.4 Å². The molecule has 0 radical (unpaired) electrons. The van der Waals surface area contributed by atoms with Crippen molar-refractivity contribution in [2.24, 2.45) is 5.92 Å². The highest BCUT2D eigenvalue weighted by atomic mass is 16.5. The third-order valence-corrected chi connectivity index (χ3v) is 3.83. The molecule has 102 valence electrons. The van der Waals surface area contributed by atoms with E-state index in [9.17, 15) is 4.79 Å². The zero-order valence-corrected chi connectivity index (χ0v) is 11.6. The Morgan fingerprint density at radius 3 is 2.70 bits per heavy atom. The van der Waals surface area contributed by atoms with Gasteiger partial charge < -0.3 is 4.74 Å². The Hall–Kier alpha value is -2.09. The molecular weight excluding hydrogens is 248 g/mol. The summed E-state index contributed by atoms with van der Waals surface area (Å²) in [6.45, 7) is 2.55. The van der Waals surface area contributed by atoms with E-state index in [1.165, 1.54) is 5.56 Å². The molecule has 0 spiro atoms. The molecule has 0 saturated carbocycles. The van der Waals surface area contributed by atoms with Crippen LogP contribution in [-0.4, -0.2) is 12.4 Å². The molecule has 0 bridgehead atoms. The molecule has 1 heterocycles. The molecule has 0 fully saturated rings. The zero-order valence-electron chi connectivity index (χ0n) is 11.6. The Kier molecular flexibility index (Phi) is 3.55. The number of hydrogen-bond donors (Lipinski definition) is 0. The number of para-hydroxylation sites is 1. The van der Waals surface area contributed by atoms with E-state index in [2.05, 4.69) is 19.1 Å². The van der Waals surface area contributed by atoms with Crippen molar-refractivity contribution in [2.45, 2.75) is 19.8 Å². The van der Waals surface area contributed by atoms with Gasteiger partial charge in [-0.2, -0.15) is 0 Å². The smallest absolute Gasteiger partial charge is 0.144 e. The van der Waals surface area contributed by atoms with Gasteiger partial charge in [0.2, 0.25) is 0 Å². The van der Waals surface area contributed by atoms with Gasteiger partial charge in [0.25, 0.3) is 0 Å². The zero-order chi connectivity index (χ0) is 13.9. The van der Waals surface area contributed by atoms with Gasteiger partial charge in [0, 0.05) is 6.42 Å². The summed E-state index contributed by atoms with van der Waals surface area (Å²) in [4.78, 5) is 12.4. The maximum Gasteiger partial charge on any atom is 0.144 e. The van der Waals surface area contributed by atoms with E-state index in [0.29, 0.717) is 13.0 Å². The van der Waals surface area contributed by atoms with Crippen molar-refractivity contribution in [1.29, 1.82) is 0 Å². The Morgan fingerprint density at radius 2 is 1.90 bits per heavy atom. The summed E-state index contributed by atoms with van der Waals surface area (Å²) in [6.07, 6.45) is 1.29. The average Bonchev–Trinajstić information content (AvgIpc) is 2.49. The van der Waals surface area contributed by atoms with Crippen LogP contribution in [0, 0.1) is 12.8 Å². The predicted molar refractivity (Wildman–Crippen MR) is 79.0 cm³/mol. The Labute approximate surface area is 119 Å². The monoisotopic (exact) mass is 266 g/mol. The number of benzene rings is 2. The van der Waals surface area contributed by atoms with Crippen LogP contribution in [0.4, 0.5) is 0 Å². The molecule has 2 nitrogen and oxygen atoms in total. The lowest BCUT2D eigenvalue weighted by Crippen LogP contribution is -2.29. The SMILES string of the molecule is Cc1ccc(CC(=O)C2COc3ccccc3C2)cc1. The number of rotatable bonds is 3. The molecule has 3 rings (SSSR count). The van der Waals surface area contributed by atoms with E-state index in [1.54, 1.807) is 0 Å². The summed E-state index contributed by atoms with van der Waals surface area (Å²) in [5.74, 6) is 1.17. The molecule has 1 unspecified atom stereocenters. The quantitative estimate of drug-likeness (QED) is 0.851. The van der Waals surface area contributed by atoms with Gasteiger partial charge in [0.1, 0.15) is 11.5 Å². The number of ketones is 1. The van der Waals surface area contributed by atoms with E-state index >= 15 is 0 Å². The van der Waals surface area contributed by atoms with Crippen LogP contribution >= 0.6 is 0 Å². The molecule has 2 aromatic carbocycles. The topological polar surface area (TPSA) is 26.3 Å². The molecule has 1 aliphatic rings. The van der Waals surface area contributed by atoms with Crippen molar-refractivity contribution in [3.8, 4) is 5.75 Å². The minimum Gasteiger partial charge on any atom is -0.493 e. The summed E-state index contributed by atoms with van der Waals surface area (Å²) in [6, 6.07) is 16.1. The highest BCUT2D eigenvalue weighted by Gasteiger charge is 2.25. The fourth-order valence-corrected chi connectivity index (χ4v) is 2.59. The lowest BCUT2D eigenvalue weighted by atomic mass is 9.90. The van der Waals surface area contributed by atoms with Crippen LogP contribution in [0.3, 0.4) is 0 Å². The number of Topliss-reactive ketones (excluding diaryl/α,β-unsaturated/α-hetero) is 1. The summed E-state index contributed by atoms with van der Waals surface area (Å²) in [7, 11) is 0. The highest BCUT2D eigenvalue weighted by molar-refractivity contribution is 5.84. The first-order valence-corrected chi connectivity index (χ1v) is 7.01. The summed E-state index contributed by atoms with van der Waals surface area (Å²) in [5.41, 5.74) is 3.44. The van der Waals surface area contributed by atoms with Crippen molar-refractivity contribution < 1.29 is 9.53 Å². The normalized spacial score (nSPS) is 17.1. The lowest BCUT2D eigenvalue weighted by molar-refractivity contribution is -0.123. The second-order valence-electron chi connectivity index (χ2n) is 5.45. The molecular formula is C18H18O2. The maximum absolute atomic E-state index is 12.4. The number of fused-ring (bicyclic) bond motifs is 1. The van der Waals surface area contributed by atoms with Crippen LogP contribution in [0.15, 0.2) is 48.5 Å². The first-order chi connectivity index (χ1) is 9.72. The third kappa shape index (κ3) is 2.74. The van der Waals surface area contributed by atoms with Crippen LogP contribution < -0.4 is 4.74 Å². The van der Waals surface area contributed by atoms with Gasteiger partial charge in [-0.25, -0.2) is 0 Å². The fraction of sp³-hybridized carbons (Fsp3) is 0.278. The molecule has 20 heavy (non-hydrogen) atoms. The molecule has 0 aromatic heterocycles. The van der Waals surface area contributed by atoms with E-state index < -0.39 is 0 Å². The molecule has 1 aliphatic heterocycles. The third-order valence-electron chi connectivity index (χ3n) is 3.83. The first kappa shape index (κ1) is 12.9. The van der Waals surface area contributed by atoms with E-state index in [-0.39, 0.29) is 11.7 Å². The minimum absolute atomic E-state index is 0.0220. The largest absolute Gasteiger partial charge is 0.493 e. The van der Waals surface area contributed by atoms with Crippen LogP contribution in [0.1, 0.15) is 16.7 Å². The highest BCUT2D eigenvalue weighted by Crippen LogP contribution is 2.27. The second-order valence-corrected chi connectivity index (χ2v) is 5.45. The van der Waals surface area contributed by atoms with Gasteiger partial charge in [-0.15, -0.1) is 0 Å². The molecule has 0 N–H and O–H groups in total. The number of aryl methyl sites for hydroxylation is 1. The Balaban J connectivity index is 1.68. The van der Waals surface area contributed by atoms with E-state index in [0.717, 1.165) is 23.3 Å². The summed E-state index contributed by atoms with van der Waals surface area (Å²) < 4.78 is 5.69.